The van der Waals surface area contributed by atoms with E-state index in [0.29, 0.717) is 13.2 Å². The average Bonchev–Trinajstić information content (AvgIpc) is 2.55. The molecule has 0 spiro atoms. The zero-order valence-electron chi connectivity index (χ0n) is 12.1. The first-order valence-electron chi connectivity index (χ1n) is 7.30. The van der Waals surface area contributed by atoms with Crippen LogP contribution in [0.4, 0.5) is 0 Å². The quantitative estimate of drug-likeness (QED) is 0.855. The van der Waals surface area contributed by atoms with E-state index < -0.39 is 0 Å². The van der Waals surface area contributed by atoms with Gasteiger partial charge in [0.1, 0.15) is 13.2 Å². The van der Waals surface area contributed by atoms with Gasteiger partial charge >= 0.3 is 0 Å². The molecule has 21 heavy (non-hydrogen) atoms. The second-order valence-electron chi connectivity index (χ2n) is 5.14. The Morgan fingerprint density at radius 1 is 1.24 bits per heavy atom. The van der Waals surface area contributed by atoms with Crippen molar-refractivity contribution in [3.05, 3.63) is 18.2 Å². The minimum atomic E-state index is -0.0920. The van der Waals surface area contributed by atoms with Crippen LogP contribution in [0.5, 0.6) is 11.5 Å². The number of hydrogen-bond donors (Lipinski definition) is 1. The normalized spacial score (nSPS) is 19.2. The van der Waals surface area contributed by atoms with Gasteiger partial charge in [-0.05, 0) is 25.1 Å². The third-order valence-electron chi connectivity index (χ3n) is 3.60. The van der Waals surface area contributed by atoms with E-state index in [4.69, 9.17) is 9.47 Å². The number of ether oxygens (including phenoxy) is 2. The summed E-state index contributed by atoms with van der Waals surface area (Å²) in [5.41, 5.74) is 0. The van der Waals surface area contributed by atoms with Gasteiger partial charge in [-0.15, -0.1) is 11.8 Å². The Labute approximate surface area is 129 Å². The van der Waals surface area contributed by atoms with Gasteiger partial charge in [-0.3, -0.25) is 4.79 Å². The van der Waals surface area contributed by atoms with E-state index in [-0.39, 0.29) is 11.2 Å². The number of benzene rings is 1. The van der Waals surface area contributed by atoms with E-state index in [1.165, 1.54) is 0 Å². The highest BCUT2D eigenvalue weighted by molar-refractivity contribution is 8.00. The highest BCUT2D eigenvalue weighted by Crippen LogP contribution is 2.35. The van der Waals surface area contributed by atoms with Gasteiger partial charge in [0.05, 0.1) is 5.25 Å². The molecule has 1 atom stereocenters. The minimum Gasteiger partial charge on any atom is -0.486 e. The summed E-state index contributed by atoms with van der Waals surface area (Å²) >= 11 is 1.57. The second kappa shape index (κ2) is 6.58. The van der Waals surface area contributed by atoms with Gasteiger partial charge in [-0.25, -0.2) is 0 Å². The fraction of sp³-hybridized carbons (Fsp3) is 0.533. The fourth-order valence-electron chi connectivity index (χ4n) is 2.49. The van der Waals surface area contributed by atoms with Crippen LogP contribution in [0.15, 0.2) is 23.1 Å². The van der Waals surface area contributed by atoms with Crippen LogP contribution in [0.1, 0.15) is 6.92 Å². The lowest BCUT2D eigenvalue weighted by molar-refractivity contribution is -0.130. The zero-order chi connectivity index (χ0) is 14.7. The Balaban J connectivity index is 1.63. The summed E-state index contributed by atoms with van der Waals surface area (Å²) in [5.74, 6) is 1.76. The number of piperazine rings is 1. The topological polar surface area (TPSA) is 50.8 Å². The molecule has 114 valence electrons. The largest absolute Gasteiger partial charge is 0.486 e. The van der Waals surface area contributed by atoms with Crippen molar-refractivity contribution in [3.8, 4) is 11.5 Å². The van der Waals surface area contributed by atoms with Crippen molar-refractivity contribution in [3.63, 3.8) is 0 Å². The summed E-state index contributed by atoms with van der Waals surface area (Å²) in [6.45, 7) is 6.50. The maximum Gasteiger partial charge on any atom is 0.235 e. The van der Waals surface area contributed by atoms with E-state index in [1.54, 1.807) is 11.8 Å². The predicted octanol–water partition coefficient (Wildman–Crippen LogP) is 1.37. The minimum absolute atomic E-state index is 0.0920. The number of thioether (sulfide) groups is 1. The molecule has 1 unspecified atom stereocenters. The third-order valence-corrected chi connectivity index (χ3v) is 4.68. The molecule has 1 saturated heterocycles. The molecule has 5 nitrogen and oxygen atoms in total. The Morgan fingerprint density at radius 3 is 2.71 bits per heavy atom. The van der Waals surface area contributed by atoms with Crippen LogP contribution in [0.3, 0.4) is 0 Å². The standard InChI is InChI=1S/C15H20N2O3S/c1-11(15(18)17-6-4-16-5-7-17)21-12-2-3-13-14(10-12)20-9-8-19-13/h2-3,10-11,16H,4-9H2,1H3. The van der Waals surface area contributed by atoms with Crippen LogP contribution < -0.4 is 14.8 Å². The van der Waals surface area contributed by atoms with Crippen LogP contribution in [-0.2, 0) is 4.79 Å². The molecule has 0 radical (unpaired) electrons. The van der Waals surface area contributed by atoms with Crippen molar-refractivity contribution in [2.24, 2.45) is 0 Å². The molecule has 0 bridgehead atoms. The molecule has 2 aliphatic rings. The van der Waals surface area contributed by atoms with E-state index in [1.807, 2.05) is 30.0 Å². The van der Waals surface area contributed by atoms with Crippen molar-refractivity contribution in [1.82, 2.24) is 10.2 Å². The third kappa shape index (κ3) is 3.44. The first-order chi connectivity index (χ1) is 10.2. The molecule has 1 N–H and O–H groups in total. The van der Waals surface area contributed by atoms with Crippen LogP contribution >= 0.6 is 11.8 Å². The monoisotopic (exact) mass is 308 g/mol. The number of nitrogens with one attached hydrogen (secondary N) is 1. The van der Waals surface area contributed by atoms with Gasteiger partial charge in [0.25, 0.3) is 0 Å². The number of carbonyl (C=O) groups excluding carboxylic acids is 1. The lowest BCUT2D eigenvalue weighted by Crippen LogP contribution is -2.48. The summed E-state index contributed by atoms with van der Waals surface area (Å²) in [5, 5.41) is 3.17. The number of carbonyl (C=O) groups is 1. The lowest BCUT2D eigenvalue weighted by Gasteiger charge is -2.29. The van der Waals surface area contributed by atoms with E-state index in [0.717, 1.165) is 42.6 Å². The zero-order valence-corrected chi connectivity index (χ0v) is 12.9. The molecule has 1 fully saturated rings. The Hall–Kier alpha value is -1.40. The molecular weight excluding hydrogens is 288 g/mol. The first kappa shape index (κ1) is 14.5. The van der Waals surface area contributed by atoms with Gasteiger partial charge in [0.15, 0.2) is 11.5 Å². The van der Waals surface area contributed by atoms with Crippen molar-refractivity contribution in [2.45, 2.75) is 17.1 Å². The summed E-state index contributed by atoms with van der Waals surface area (Å²) in [7, 11) is 0. The lowest BCUT2D eigenvalue weighted by atomic mass is 10.3. The number of amides is 1. The molecule has 1 aromatic rings. The van der Waals surface area contributed by atoms with Crippen LogP contribution in [-0.4, -0.2) is 55.4 Å². The summed E-state index contributed by atoms with van der Waals surface area (Å²) in [6, 6.07) is 5.86. The van der Waals surface area contributed by atoms with Gasteiger partial charge in [0.2, 0.25) is 5.91 Å². The average molecular weight is 308 g/mol. The number of hydrogen-bond acceptors (Lipinski definition) is 5. The maximum absolute atomic E-state index is 12.4. The van der Waals surface area contributed by atoms with Crippen molar-refractivity contribution in [1.29, 1.82) is 0 Å². The highest BCUT2D eigenvalue weighted by Gasteiger charge is 2.23. The van der Waals surface area contributed by atoms with Crippen molar-refractivity contribution < 1.29 is 14.3 Å². The highest BCUT2D eigenvalue weighted by atomic mass is 32.2. The van der Waals surface area contributed by atoms with Crippen LogP contribution in [0, 0.1) is 0 Å². The van der Waals surface area contributed by atoms with Crippen molar-refractivity contribution in [2.75, 3.05) is 39.4 Å². The number of fused-ring (bicyclic) bond motifs is 1. The predicted molar refractivity (Wildman–Crippen MR) is 82.2 cm³/mol. The SMILES string of the molecule is CC(Sc1ccc2c(c1)OCCO2)C(=O)N1CCNCC1. The van der Waals surface area contributed by atoms with Gasteiger partial charge in [-0.2, -0.15) is 0 Å². The molecule has 0 aromatic heterocycles. The molecule has 0 saturated carbocycles. The molecule has 3 rings (SSSR count). The van der Waals surface area contributed by atoms with Gasteiger partial charge < -0.3 is 19.7 Å². The molecule has 6 heteroatoms. The summed E-state index contributed by atoms with van der Waals surface area (Å²) < 4.78 is 11.1. The first-order valence-corrected chi connectivity index (χ1v) is 8.18. The molecule has 2 heterocycles. The summed E-state index contributed by atoms with van der Waals surface area (Å²) in [6.07, 6.45) is 0. The number of nitrogens with zero attached hydrogens (tertiary/aromatic N) is 1. The van der Waals surface area contributed by atoms with Crippen LogP contribution in [0.25, 0.3) is 0 Å². The molecule has 0 aliphatic carbocycles. The van der Waals surface area contributed by atoms with E-state index in [9.17, 15) is 4.79 Å². The van der Waals surface area contributed by atoms with Gasteiger partial charge in [-0.1, -0.05) is 0 Å². The Bertz CT molecular complexity index is 518. The van der Waals surface area contributed by atoms with Crippen molar-refractivity contribution >= 4 is 17.7 Å². The van der Waals surface area contributed by atoms with E-state index in [2.05, 4.69) is 5.32 Å². The molecule has 1 amide bonds. The maximum atomic E-state index is 12.4. The smallest absolute Gasteiger partial charge is 0.235 e. The second-order valence-corrected chi connectivity index (χ2v) is 6.56. The number of rotatable bonds is 3. The van der Waals surface area contributed by atoms with Crippen LogP contribution in [0.2, 0.25) is 0 Å². The molecule has 2 aliphatic heterocycles. The Kier molecular flexibility index (Phi) is 4.55. The van der Waals surface area contributed by atoms with E-state index >= 15 is 0 Å². The molecule has 1 aromatic carbocycles. The fourth-order valence-corrected chi connectivity index (χ4v) is 3.47. The molecular formula is C15H20N2O3S. The Morgan fingerprint density at radius 2 is 1.95 bits per heavy atom. The summed E-state index contributed by atoms with van der Waals surface area (Å²) in [4.78, 5) is 15.4. The van der Waals surface area contributed by atoms with Gasteiger partial charge in [0, 0.05) is 31.1 Å².